The maximum atomic E-state index is 12.9. The van der Waals surface area contributed by atoms with Crippen LogP contribution in [0, 0.1) is 18.6 Å². The molecule has 0 radical (unpaired) electrons. The molecule has 0 N–H and O–H groups in total. The van der Waals surface area contributed by atoms with E-state index in [0.29, 0.717) is 0 Å². The first-order valence-corrected chi connectivity index (χ1v) is 5.57. The van der Waals surface area contributed by atoms with E-state index >= 15 is 0 Å². The minimum absolute atomic E-state index is 0.302. The molecule has 0 heterocycles. The number of hydrogen-bond acceptors (Lipinski definition) is 0. The normalized spacial score (nSPS) is 11.3. The zero-order chi connectivity index (χ0) is 13.2. The van der Waals surface area contributed by atoms with E-state index in [9.17, 15) is 8.78 Å². The van der Waals surface area contributed by atoms with Crippen molar-refractivity contribution in [2.75, 3.05) is 0 Å². The molecule has 2 aromatic carbocycles. The van der Waals surface area contributed by atoms with Crippen LogP contribution in [0.25, 0.3) is 0 Å². The lowest BCUT2D eigenvalue weighted by atomic mass is 9.76. The Bertz CT molecular complexity index is 493. The number of halogens is 2. The number of hydrogen-bond donors (Lipinski definition) is 0. The van der Waals surface area contributed by atoms with Crippen LogP contribution in [0.15, 0.2) is 61.2 Å². The van der Waals surface area contributed by atoms with Crippen LogP contribution in [0.1, 0.15) is 11.1 Å². The van der Waals surface area contributed by atoms with Crippen molar-refractivity contribution in [3.05, 3.63) is 90.9 Å². The summed E-state index contributed by atoms with van der Waals surface area (Å²) in [6.45, 7) is 7.91. The zero-order valence-corrected chi connectivity index (χ0v) is 9.87. The Morgan fingerprint density at radius 1 is 0.833 bits per heavy atom. The van der Waals surface area contributed by atoms with Gasteiger partial charge in [0, 0.05) is 0 Å². The summed E-state index contributed by atoms with van der Waals surface area (Å²) in [6, 6.07) is 12.1. The molecule has 0 nitrogen and oxygen atoms in total. The molecule has 92 valence electrons. The Hall–Kier alpha value is -1.96. The fourth-order valence-electron chi connectivity index (χ4n) is 1.90. The van der Waals surface area contributed by atoms with E-state index in [1.807, 2.05) is 0 Å². The molecule has 0 saturated carbocycles. The van der Waals surface area contributed by atoms with Gasteiger partial charge >= 0.3 is 0 Å². The molecule has 0 saturated heterocycles. The smallest absolute Gasteiger partial charge is 0.123 e. The summed E-state index contributed by atoms with van der Waals surface area (Å²) in [5.41, 5.74) is 0.914. The summed E-state index contributed by atoms with van der Waals surface area (Å²) in [6.07, 6.45) is 1.67. The summed E-state index contributed by atoms with van der Waals surface area (Å²) in [5, 5.41) is 0. The van der Waals surface area contributed by atoms with E-state index in [-0.39, 0.29) is 11.6 Å². The van der Waals surface area contributed by atoms with Crippen LogP contribution >= 0.6 is 0 Å². The molecule has 2 heteroatoms. The van der Waals surface area contributed by atoms with Crippen LogP contribution in [0.4, 0.5) is 8.78 Å². The Morgan fingerprint density at radius 2 is 1.17 bits per heavy atom. The third kappa shape index (κ3) is 2.19. The van der Waals surface area contributed by atoms with Crippen LogP contribution in [-0.4, -0.2) is 0 Å². The third-order valence-corrected chi connectivity index (χ3v) is 3.07. The summed E-state index contributed by atoms with van der Waals surface area (Å²) < 4.78 is 25.9. The lowest BCUT2D eigenvalue weighted by Gasteiger charge is -2.35. The second-order valence-corrected chi connectivity index (χ2v) is 4.19. The van der Waals surface area contributed by atoms with E-state index in [1.165, 1.54) is 24.3 Å². The van der Waals surface area contributed by atoms with Crippen molar-refractivity contribution in [3.8, 4) is 0 Å². The van der Waals surface area contributed by atoms with Gasteiger partial charge in [-0.3, -0.25) is 0 Å². The van der Waals surface area contributed by atoms with Crippen LogP contribution in [0.2, 0.25) is 0 Å². The highest BCUT2D eigenvalue weighted by molar-refractivity contribution is 5.45. The molecular formula is C16H13F2-. The van der Waals surface area contributed by atoms with Gasteiger partial charge in [0.25, 0.3) is 0 Å². The average molecular weight is 243 g/mol. The molecule has 2 rings (SSSR count). The van der Waals surface area contributed by atoms with E-state index in [2.05, 4.69) is 13.5 Å². The minimum Gasteiger partial charge on any atom is -0.325 e. The first-order valence-electron chi connectivity index (χ1n) is 5.57. The summed E-state index contributed by atoms with van der Waals surface area (Å²) in [5.74, 6) is -0.603. The Kier molecular flexibility index (Phi) is 3.28. The standard InChI is InChI=1S/C16H13F2/c1-3-16(2,12-4-8-14(17)9-5-12)13-6-10-15(18)11-7-13/h3-11H,1-2H2/q-1. The number of allylic oxidation sites excluding steroid dienone is 1. The molecule has 0 aliphatic carbocycles. The Balaban J connectivity index is 2.50. The molecule has 0 spiro atoms. The molecule has 0 aliphatic heterocycles. The Labute approximate surface area is 106 Å². The molecular weight excluding hydrogens is 230 g/mol. The molecule has 0 atom stereocenters. The zero-order valence-electron chi connectivity index (χ0n) is 9.87. The Morgan fingerprint density at radius 3 is 1.44 bits per heavy atom. The van der Waals surface area contributed by atoms with Crippen molar-refractivity contribution in [2.24, 2.45) is 0 Å². The van der Waals surface area contributed by atoms with Crippen molar-refractivity contribution in [1.29, 1.82) is 0 Å². The first kappa shape index (κ1) is 12.5. The van der Waals surface area contributed by atoms with Gasteiger partial charge in [-0.1, -0.05) is 40.8 Å². The molecule has 18 heavy (non-hydrogen) atoms. The van der Waals surface area contributed by atoms with E-state index < -0.39 is 5.41 Å². The second kappa shape index (κ2) is 4.73. The molecule has 2 aromatic rings. The second-order valence-electron chi connectivity index (χ2n) is 4.19. The van der Waals surface area contributed by atoms with Gasteiger partial charge in [0.1, 0.15) is 11.6 Å². The van der Waals surface area contributed by atoms with Crippen LogP contribution in [0.3, 0.4) is 0 Å². The predicted octanol–water partition coefficient (Wildman–Crippen LogP) is 4.27. The quantitative estimate of drug-likeness (QED) is 0.558. The van der Waals surface area contributed by atoms with Gasteiger partial charge in [0.2, 0.25) is 0 Å². The van der Waals surface area contributed by atoms with E-state index in [4.69, 9.17) is 0 Å². The predicted molar refractivity (Wildman–Crippen MR) is 69.1 cm³/mol. The monoisotopic (exact) mass is 243 g/mol. The van der Waals surface area contributed by atoms with Crippen molar-refractivity contribution >= 4 is 0 Å². The summed E-state index contributed by atoms with van der Waals surface area (Å²) in [7, 11) is 0. The maximum Gasteiger partial charge on any atom is 0.123 e. The van der Waals surface area contributed by atoms with E-state index in [1.54, 1.807) is 30.3 Å². The molecule has 0 aromatic heterocycles. The largest absolute Gasteiger partial charge is 0.325 e. The number of benzene rings is 2. The number of rotatable bonds is 3. The van der Waals surface area contributed by atoms with Gasteiger partial charge in [0.05, 0.1) is 0 Å². The molecule has 0 unspecified atom stereocenters. The van der Waals surface area contributed by atoms with Crippen LogP contribution in [0.5, 0.6) is 0 Å². The summed E-state index contributed by atoms with van der Waals surface area (Å²) in [4.78, 5) is 0. The molecule has 0 fully saturated rings. The molecule has 0 aliphatic rings. The maximum absolute atomic E-state index is 12.9. The van der Waals surface area contributed by atoms with Gasteiger partial charge in [-0.25, -0.2) is 8.78 Å². The van der Waals surface area contributed by atoms with Gasteiger partial charge in [-0.2, -0.15) is 0 Å². The fraction of sp³-hybridized carbons (Fsp3) is 0.0625. The topological polar surface area (TPSA) is 0 Å². The van der Waals surface area contributed by atoms with Crippen molar-refractivity contribution in [2.45, 2.75) is 5.41 Å². The van der Waals surface area contributed by atoms with Crippen molar-refractivity contribution in [3.63, 3.8) is 0 Å². The van der Waals surface area contributed by atoms with Gasteiger partial charge in [-0.15, -0.1) is 12.7 Å². The highest BCUT2D eigenvalue weighted by atomic mass is 19.1. The fourth-order valence-corrected chi connectivity index (χ4v) is 1.90. The van der Waals surface area contributed by atoms with Crippen LogP contribution < -0.4 is 0 Å². The summed E-state index contributed by atoms with van der Waals surface area (Å²) >= 11 is 0. The lowest BCUT2D eigenvalue weighted by molar-refractivity contribution is 0.624. The average Bonchev–Trinajstić information content (AvgIpc) is 2.39. The van der Waals surface area contributed by atoms with Gasteiger partial charge in [-0.05, 0) is 24.3 Å². The van der Waals surface area contributed by atoms with E-state index in [0.717, 1.165) is 11.1 Å². The minimum atomic E-state index is -0.707. The van der Waals surface area contributed by atoms with Crippen molar-refractivity contribution in [1.82, 2.24) is 0 Å². The van der Waals surface area contributed by atoms with Gasteiger partial charge < -0.3 is 6.92 Å². The third-order valence-electron chi connectivity index (χ3n) is 3.07. The van der Waals surface area contributed by atoms with Gasteiger partial charge in [0.15, 0.2) is 0 Å². The SMILES string of the molecule is C=CC([CH2-])(c1ccc(F)cc1)c1ccc(F)cc1. The molecule has 0 amide bonds. The first-order chi connectivity index (χ1) is 8.56. The highest BCUT2D eigenvalue weighted by Gasteiger charge is 2.18. The lowest BCUT2D eigenvalue weighted by Crippen LogP contribution is -2.20. The molecule has 0 bridgehead atoms. The van der Waals surface area contributed by atoms with Crippen LogP contribution in [-0.2, 0) is 5.41 Å². The highest BCUT2D eigenvalue weighted by Crippen LogP contribution is 2.32. The van der Waals surface area contributed by atoms with Crippen molar-refractivity contribution < 1.29 is 8.78 Å².